The number of hydrogen-bond donors (Lipinski definition) is 0. The van der Waals surface area contributed by atoms with Crippen LogP contribution in [0, 0.1) is 5.82 Å². The molecule has 0 saturated carbocycles. The van der Waals surface area contributed by atoms with Crippen LogP contribution in [-0.2, 0) is 13.1 Å². The third-order valence-corrected chi connectivity index (χ3v) is 3.38. The standard InChI is InChI=1S/C11H11FN2O2S/c1-2-14-10(15)13(11(16)17-14)7-8-4-3-5-9(12)6-8/h3-6H,2,7H2,1H3. The zero-order valence-electron chi connectivity index (χ0n) is 9.22. The largest absolute Gasteiger partial charge is 0.341 e. The monoisotopic (exact) mass is 254 g/mol. The van der Waals surface area contributed by atoms with Crippen LogP contribution in [0.3, 0.4) is 0 Å². The van der Waals surface area contributed by atoms with Gasteiger partial charge in [0.25, 0.3) is 0 Å². The molecule has 0 saturated heterocycles. The summed E-state index contributed by atoms with van der Waals surface area (Å²) in [5.41, 5.74) is 0.261. The Morgan fingerprint density at radius 2 is 2.12 bits per heavy atom. The van der Waals surface area contributed by atoms with Crippen LogP contribution in [0.15, 0.2) is 33.9 Å². The molecule has 6 heteroatoms. The van der Waals surface area contributed by atoms with E-state index in [4.69, 9.17) is 0 Å². The molecule has 1 heterocycles. The van der Waals surface area contributed by atoms with Crippen LogP contribution < -0.4 is 10.6 Å². The highest BCUT2D eigenvalue weighted by Gasteiger charge is 2.09. The molecule has 0 bridgehead atoms. The van der Waals surface area contributed by atoms with Gasteiger partial charge in [0, 0.05) is 18.1 Å². The fraction of sp³-hybridized carbons (Fsp3) is 0.273. The predicted molar refractivity (Wildman–Crippen MR) is 64.0 cm³/mol. The summed E-state index contributed by atoms with van der Waals surface area (Å²) in [6, 6.07) is 5.88. The average Bonchev–Trinajstić information content (AvgIpc) is 2.56. The van der Waals surface area contributed by atoms with E-state index in [1.807, 2.05) is 0 Å². The number of halogens is 1. The van der Waals surface area contributed by atoms with Gasteiger partial charge in [-0.1, -0.05) is 12.1 Å². The zero-order valence-corrected chi connectivity index (χ0v) is 10.0. The van der Waals surface area contributed by atoms with Gasteiger partial charge in [-0.3, -0.25) is 4.79 Å². The highest BCUT2D eigenvalue weighted by atomic mass is 32.1. The van der Waals surface area contributed by atoms with Gasteiger partial charge in [-0.05, 0) is 24.6 Å². The lowest BCUT2D eigenvalue weighted by atomic mass is 10.2. The first-order chi connectivity index (χ1) is 8.11. The van der Waals surface area contributed by atoms with Crippen molar-refractivity contribution in [1.29, 1.82) is 0 Å². The Labute approximate surface area is 101 Å². The summed E-state index contributed by atoms with van der Waals surface area (Å²) in [6.45, 7) is 2.37. The van der Waals surface area contributed by atoms with E-state index < -0.39 is 0 Å². The van der Waals surface area contributed by atoms with E-state index in [9.17, 15) is 14.0 Å². The maximum Gasteiger partial charge on any atom is 0.341 e. The number of rotatable bonds is 3. The highest BCUT2D eigenvalue weighted by Crippen LogP contribution is 2.04. The van der Waals surface area contributed by atoms with Crippen molar-refractivity contribution < 1.29 is 4.39 Å². The molecule has 0 fully saturated rings. The highest BCUT2D eigenvalue weighted by molar-refractivity contribution is 7.03. The van der Waals surface area contributed by atoms with Gasteiger partial charge in [0.05, 0.1) is 6.54 Å². The Kier molecular flexibility index (Phi) is 3.23. The number of hydrogen-bond acceptors (Lipinski definition) is 3. The zero-order chi connectivity index (χ0) is 12.4. The SMILES string of the molecule is CCn1sc(=O)n(Cc2cccc(F)c2)c1=O. The molecule has 17 heavy (non-hydrogen) atoms. The third kappa shape index (κ3) is 2.36. The van der Waals surface area contributed by atoms with Crippen LogP contribution in [0.2, 0.25) is 0 Å². The summed E-state index contributed by atoms with van der Waals surface area (Å²) in [4.78, 5) is 23.0. The van der Waals surface area contributed by atoms with E-state index in [0.717, 1.165) is 16.1 Å². The van der Waals surface area contributed by atoms with Gasteiger partial charge in [0.15, 0.2) is 0 Å². The van der Waals surface area contributed by atoms with Crippen LogP contribution in [0.1, 0.15) is 12.5 Å². The van der Waals surface area contributed by atoms with Crippen LogP contribution >= 0.6 is 11.5 Å². The van der Waals surface area contributed by atoms with Gasteiger partial charge < -0.3 is 0 Å². The summed E-state index contributed by atoms with van der Waals surface area (Å²) in [6.07, 6.45) is 0. The van der Waals surface area contributed by atoms with Crippen LogP contribution in [0.25, 0.3) is 0 Å². The van der Waals surface area contributed by atoms with Crippen molar-refractivity contribution in [2.75, 3.05) is 0 Å². The second kappa shape index (κ2) is 4.67. The molecule has 0 amide bonds. The lowest BCUT2D eigenvalue weighted by Gasteiger charge is -2.00. The summed E-state index contributed by atoms with van der Waals surface area (Å²) in [5, 5.41) is 0. The van der Waals surface area contributed by atoms with Gasteiger partial charge in [-0.15, -0.1) is 0 Å². The van der Waals surface area contributed by atoms with Crippen LogP contribution in [0.4, 0.5) is 4.39 Å². The quantitative estimate of drug-likeness (QED) is 0.828. The van der Waals surface area contributed by atoms with E-state index in [-0.39, 0.29) is 22.9 Å². The van der Waals surface area contributed by atoms with Gasteiger partial charge in [0.1, 0.15) is 5.82 Å². The Balaban J connectivity index is 2.40. The Hall–Kier alpha value is -1.69. The lowest BCUT2D eigenvalue weighted by Crippen LogP contribution is -2.29. The molecule has 0 spiro atoms. The van der Waals surface area contributed by atoms with Crippen molar-refractivity contribution in [1.82, 2.24) is 8.52 Å². The summed E-state index contributed by atoms with van der Waals surface area (Å²) in [7, 11) is 0. The molecule has 90 valence electrons. The van der Waals surface area contributed by atoms with Gasteiger partial charge in [-0.2, -0.15) is 0 Å². The molecule has 0 aliphatic rings. The molecule has 0 radical (unpaired) electrons. The number of nitrogens with zero attached hydrogens (tertiary/aromatic N) is 2. The third-order valence-electron chi connectivity index (χ3n) is 2.37. The lowest BCUT2D eigenvalue weighted by molar-refractivity contribution is 0.620. The van der Waals surface area contributed by atoms with E-state index in [1.165, 1.54) is 16.1 Å². The Morgan fingerprint density at radius 3 is 2.71 bits per heavy atom. The minimum absolute atomic E-state index is 0.110. The summed E-state index contributed by atoms with van der Waals surface area (Å²) >= 11 is 0.882. The number of aryl methyl sites for hydroxylation is 1. The second-order valence-electron chi connectivity index (χ2n) is 3.55. The molecule has 2 aromatic rings. The van der Waals surface area contributed by atoms with Crippen molar-refractivity contribution in [3.8, 4) is 0 Å². The molecule has 0 aliphatic carbocycles. The Morgan fingerprint density at radius 1 is 1.35 bits per heavy atom. The first-order valence-electron chi connectivity index (χ1n) is 5.17. The normalized spacial score (nSPS) is 10.7. The van der Waals surface area contributed by atoms with E-state index in [0.29, 0.717) is 12.1 Å². The molecular formula is C11H11FN2O2S. The predicted octanol–water partition coefficient (Wildman–Crippen LogP) is 1.28. The molecule has 4 nitrogen and oxygen atoms in total. The molecule has 1 aromatic carbocycles. The molecule has 1 aromatic heterocycles. The molecule has 0 unspecified atom stereocenters. The molecule has 0 N–H and O–H groups in total. The number of benzene rings is 1. The minimum atomic E-state index is -0.374. The van der Waals surface area contributed by atoms with Crippen LogP contribution in [0.5, 0.6) is 0 Å². The minimum Gasteiger partial charge on any atom is -0.255 e. The fourth-order valence-corrected chi connectivity index (χ4v) is 2.28. The summed E-state index contributed by atoms with van der Waals surface area (Å²) < 4.78 is 15.5. The molecule has 0 aliphatic heterocycles. The maximum atomic E-state index is 13.0. The van der Waals surface area contributed by atoms with Crippen molar-refractivity contribution in [2.24, 2.45) is 0 Å². The van der Waals surface area contributed by atoms with E-state index in [1.54, 1.807) is 19.1 Å². The topological polar surface area (TPSA) is 44.0 Å². The average molecular weight is 254 g/mol. The Bertz CT molecular complexity index is 641. The second-order valence-corrected chi connectivity index (χ2v) is 4.52. The van der Waals surface area contributed by atoms with Crippen molar-refractivity contribution in [3.05, 3.63) is 55.8 Å². The number of aromatic nitrogens is 2. The van der Waals surface area contributed by atoms with Crippen molar-refractivity contribution >= 4 is 11.5 Å². The molecule has 2 rings (SSSR count). The van der Waals surface area contributed by atoms with Crippen molar-refractivity contribution in [3.63, 3.8) is 0 Å². The molecule has 0 atom stereocenters. The maximum absolute atomic E-state index is 13.0. The van der Waals surface area contributed by atoms with E-state index in [2.05, 4.69) is 0 Å². The van der Waals surface area contributed by atoms with Gasteiger partial charge >= 0.3 is 10.6 Å². The van der Waals surface area contributed by atoms with Crippen molar-refractivity contribution in [2.45, 2.75) is 20.0 Å². The first kappa shape index (κ1) is 11.8. The van der Waals surface area contributed by atoms with E-state index >= 15 is 0 Å². The molecular weight excluding hydrogens is 243 g/mol. The fourth-order valence-electron chi connectivity index (χ4n) is 1.55. The summed E-state index contributed by atoms with van der Waals surface area (Å²) in [5.74, 6) is -0.374. The van der Waals surface area contributed by atoms with Crippen LogP contribution in [-0.4, -0.2) is 8.52 Å². The first-order valence-corrected chi connectivity index (χ1v) is 5.94. The van der Waals surface area contributed by atoms with Gasteiger partial charge in [-0.25, -0.2) is 17.7 Å². The van der Waals surface area contributed by atoms with Gasteiger partial charge in [0.2, 0.25) is 0 Å². The smallest absolute Gasteiger partial charge is 0.255 e.